The first-order chi connectivity index (χ1) is 8.18. The summed E-state index contributed by atoms with van der Waals surface area (Å²) in [6.45, 7) is 0. The molecule has 0 radical (unpaired) electrons. The van der Waals surface area contributed by atoms with Crippen LogP contribution in [-0.2, 0) is 0 Å². The van der Waals surface area contributed by atoms with Crippen molar-refractivity contribution in [3.05, 3.63) is 53.2 Å². The molecule has 0 unspecified atom stereocenters. The Balaban J connectivity index is 2.37. The summed E-state index contributed by atoms with van der Waals surface area (Å²) in [5.74, 6) is 0.605. The van der Waals surface area contributed by atoms with Crippen LogP contribution in [-0.4, -0.2) is 9.97 Å². The second-order valence-corrected chi connectivity index (χ2v) is 4.22. The topological polar surface area (TPSA) is 50.9 Å². The van der Waals surface area contributed by atoms with Crippen LogP contribution in [0.4, 0.5) is 11.5 Å². The highest BCUT2D eigenvalue weighted by molar-refractivity contribution is 7.80. The molecule has 0 aliphatic carbocycles. The Morgan fingerprint density at radius 2 is 2.00 bits per heavy atom. The van der Waals surface area contributed by atoms with E-state index in [1.54, 1.807) is 18.3 Å². The van der Waals surface area contributed by atoms with Crippen LogP contribution in [0.5, 0.6) is 0 Å². The molecule has 0 amide bonds. The first-order valence-corrected chi connectivity index (χ1v) is 5.73. The van der Waals surface area contributed by atoms with Crippen LogP contribution in [0.25, 0.3) is 0 Å². The van der Waals surface area contributed by atoms with Gasteiger partial charge >= 0.3 is 0 Å². The third-order valence-corrected chi connectivity index (χ3v) is 2.75. The molecule has 17 heavy (non-hydrogen) atoms. The van der Waals surface area contributed by atoms with E-state index >= 15 is 0 Å². The van der Waals surface area contributed by atoms with Gasteiger partial charge in [0.25, 0.3) is 0 Å². The zero-order valence-corrected chi connectivity index (χ0v) is 10.4. The fourth-order valence-electron chi connectivity index (χ4n) is 1.39. The SMILES string of the molecule is NC(=S)c1cccnc1Nc1ccccc1Cl. The van der Waals surface area contributed by atoms with Crippen LogP contribution in [0.3, 0.4) is 0 Å². The summed E-state index contributed by atoms with van der Waals surface area (Å²) in [5.41, 5.74) is 7.09. The predicted molar refractivity (Wildman–Crippen MR) is 74.9 cm³/mol. The van der Waals surface area contributed by atoms with Crippen LogP contribution in [0, 0.1) is 0 Å². The number of nitrogens with one attached hydrogen (secondary N) is 1. The average Bonchev–Trinajstić information content (AvgIpc) is 2.32. The highest BCUT2D eigenvalue weighted by Gasteiger charge is 2.07. The molecule has 1 aromatic heterocycles. The number of anilines is 2. The van der Waals surface area contributed by atoms with E-state index < -0.39 is 0 Å². The normalized spacial score (nSPS) is 9.94. The van der Waals surface area contributed by atoms with Crippen LogP contribution >= 0.6 is 23.8 Å². The van der Waals surface area contributed by atoms with E-state index in [-0.39, 0.29) is 0 Å². The molecule has 0 saturated carbocycles. The van der Waals surface area contributed by atoms with E-state index in [9.17, 15) is 0 Å². The molecule has 2 rings (SSSR count). The molecule has 0 fully saturated rings. The molecule has 1 heterocycles. The van der Waals surface area contributed by atoms with Gasteiger partial charge in [-0.05, 0) is 24.3 Å². The molecule has 3 N–H and O–H groups in total. The fourth-order valence-corrected chi connectivity index (χ4v) is 1.74. The highest BCUT2D eigenvalue weighted by atomic mass is 35.5. The maximum atomic E-state index is 6.05. The number of benzene rings is 1. The van der Waals surface area contributed by atoms with Gasteiger partial charge in [-0.3, -0.25) is 0 Å². The number of nitrogens with two attached hydrogens (primary N) is 1. The number of aromatic nitrogens is 1. The zero-order chi connectivity index (χ0) is 12.3. The molecule has 0 bridgehead atoms. The van der Waals surface area contributed by atoms with E-state index in [0.717, 1.165) is 5.69 Å². The maximum Gasteiger partial charge on any atom is 0.140 e. The smallest absolute Gasteiger partial charge is 0.140 e. The fraction of sp³-hybridized carbons (Fsp3) is 0. The summed E-state index contributed by atoms with van der Waals surface area (Å²) in [5, 5.41) is 3.73. The van der Waals surface area contributed by atoms with Gasteiger partial charge in [-0.25, -0.2) is 4.98 Å². The molecule has 0 aliphatic rings. The van der Waals surface area contributed by atoms with Gasteiger partial charge in [-0.15, -0.1) is 0 Å². The van der Waals surface area contributed by atoms with Crippen LogP contribution < -0.4 is 11.1 Å². The molecule has 0 aliphatic heterocycles. The lowest BCUT2D eigenvalue weighted by Gasteiger charge is -2.10. The van der Waals surface area contributed by atoms with Gasteiger partial charge in [0, 0.05) is 6.20 Å². The molecule has 0 saturated heterocycles. The molecule has 2 aromatic rings. The van der Waals surface area contributed by atoms with Crippen molar-refractivity contribution < 1.29 is 0 Å². The quantitative estimate of drug-likeness (QED) is 0.836. The van der Waals surface area contributed by atoms with Crippen molar-refractivity contribution in [1.29, 1.82) is 0 Å². The minimum absolute atomic E-state index is 0.299. The van der Waals surface area contributed by atoms with Gasteiger partial charge in [0.1, 0.15) is 10.8 Å². The second kappa shape index (κ2) is 5.12. The van der Waals surface area contributed by atoms with Crippen molar-refractivity contribution in [3.8, 4) is 0 Å². The van der Waals surface area contributed by atoms with Crippen LogP contribution in [0.1, 0.15) is 5.56 Å². The van der Waals surface area contributed by atoms with Gasteiger partial charge in [0.05, 0.1) is 16.3 Å². The molecular formula is C12H10ClN3S. The number of pyridine rings is 1. The first kappa shape index (κ1) is 11.8. The standard InChI is InChI=1S/C12H10ClN3S/c13-9-5-1-2-6-10(9)16-12-8(11(14)17)4-3-7-15-12/h1-7H,(H2,14,17)(H,15,16). The summed E-state index contributed by atoms with van der Waals surface area (Å²) in [6.07, 6.45) is 1.67. The van der Waals surface area contributed by atoms with Crippen molar-refractivity contribution in [2.75, 3.05) is 5.32 Å². The summed E-state index contributed by atoms with van der Waals surface area (Å²) >= 11 is 11.0. The summed E-state index contributed by atoms with van der Waals surface area (Å²) < 4.78 is 0. The number of rotatable bonds is 3. The van der Waals surface area contributed by atoms with Crippen molar-refractivity contribution in [1.82, 2.24) is 4.98 Å². The third kappa shape index (κ3) is 2.72. The average molecular weight is 264 g/mol. The number of hydrogen-bond acceptors (Lipinski definition) is 3. The highest BCUT2D eigenvalue weighted by Crippen LogP contribution is 2.25. The Bertz CT molecular complexity index is 557. The molecule has 3 nitrogen and oxygen atoms in total. The molecule has 1 aromatic carbocycles. The monoisotopic (exact) mass is 263 g/mol. The molecule has 0 spiro atoms. The molecular weight excluding hydrogens is 254 g/mol. The number of halogens is 1. The number of hydrogen-bond donors (Lipinski definition) is 2. The zero-order valence-electron chi connectivity index (χ0n) is 8.85. The van der Waals surface area contributed by atoms with Gasteiger partial charge in [0.2, 0.25) is 0 Å². The second-order valence-electron chi connectivity index (χ2n) is 3.37. The number of thiocarbonyl (C=S) groups is 1. The summed E-state index contributed by atoms with van der Waals surface area (Å²) in [4.78, 5) is 4.50. The molecule has 86 valence electrons. The number of para-hydroxylation sites is 1. The minimum atomic E-state index is 0.299. The van der Waals surface area contributed by atoms with E-state index in [4.69, 9.17) is 29.6 Å². The lowest BCUT2D eigenvalue weighted by atomic mass is 10.2. The van der Waals surface area contributed by atoms with Crippen LogP contribution in [0.15, 0.2) is 42.6 Å². The van der Waals surface area contributed by atoms with E-state index in [1.165, 1.54) is 0 Å². The first-order valence-electron chi connectivity index (χ1n) is 4.95. The number of nitrogens with zero attached hydrogens (tertiary/aromatic N) is 1. The van der Waals surface area contributed by atoms with Crippen molar-refractivity contribution in [2.45, 2.75) is 0 Å². The van der Waals surface area contributed by atoms with Gasteiger partial charge in [-0.2, -0.15) is 0 Å². The third-order valence-electron chi connectivity index (χ3n) is 2.20. The van der Waals surface area contributed by atoms with Crippen molar-refractivity contribution >= 4 is 40.3 Å². The molecule has 0 atom stereocenters. The maximum absolute atomic E-state index is 6.05. The minimum Gasteiger partial charge on any atom is -0.389 e. The van der Waals surface area contributed by atoms with Gasteiger partial charge in [0.15, 0.2) is 0 Å². The Labute approximate surface area is 110 Å². The predicted octanol–water partition coefficient (Wildman–Crippen LogP) is 3.11. The Hall–Kier alpha value is -1.65. The van der Waals surface area contributed by atoms with Crippen LogP contribution in [0.2, 0.25) is 5.02 Å². The summed E-state index contributed by atoms with van der Waals surface area (Å²) in [6, 6.07) is 11.0. The Kier molecular flexibility index (Phi) is 3.56. The van der Waals surface area contributed by atoms with E-state index in [1.807, 2.05) is 24.3 Å². The van der Waals surface area contributed by atoms with Crippen molar-refractivity contribution in [3.63, 3.8) is 0 Å². The lowest BCUT2D eigenvalue weighted by molar-refractivity contribution is 1.30. The van der Waals surface area contributed by atoms with E-state index in [0.29, 0.717) is 21.4 Å². The van der Waals surface area contributed by atoms with E-state index in [2.05, 4.69) is 10.3 Å². The Morgan fingerprint density at radius 3 is 2.71 bits per heavy atom. The van der Waals surface area contributed by atoms with Gasteiger partial charge < -0.3 is 11.1 Å². The lowest BCUT2D eigenvalue weighted by Crippen LogP contribution is -2.12. The van der Waals surface area contributed by atoms with Crippen molar-refractivity contribution in [2.24, 2.45) is 5.73 Å². The largest absolute Gasteiger partial charge is 0.389 e. The summed E-state index contributed by atoms with van der Waals surface area (Å²) in [7, 11) is 0. The Morgan fingerprint density at radius 1 is 1.24 bits per heavy atom. The van der Waals surface area contributed by atoms with Gasteiger partial charge in [-0.1, -0.05) is 36.0 Å². The molecule has 5 heteroatoms.